The first kappa shape index (κ1) is 280. The van der Waals surface area contributed by atoms with E-state index in [0.717, 1.165) is 0 Å². The molecule has 72 valence electrons. The molecule has 0 spiro atoms. The van der Waals surface area contributed by atoms with E-state index in [9.17, 15) is 0 Å². The largest absolute Gasteiger partial charge is 1.00 e. The van der Waals surface area contributed by atoms with Crippen LogP contribution in [0.15, 0.2) is 0 Å². The van der Waals surface area contributed by atoms with Crippen LogP contribution in [-0.2, 0) is 0 Å². The van der Waals surface area contributed by atoms with Crippen molar-refractivity contribution in [3.05, 3.63) is 0 Å². The van der Waals surface area contributed by atoms with Crippen molar-refractivity contribution in [3.8, 4) is 0 Å². The molecule has 0 aromatic carbocycles. The average Bonchev–Trinajstić information content (AvgIpc) is 0. The van der Waals surface area contributed by atoms with Crippen LogP contribution in [0, 0.1) is 0 Å². The first-order valence-corrected chi connectivity index (χ1v) is 0. The minimum Gasteiger partial charge on any atom is -1.00 e. The molecular weight excluding hydrogens is 828 g/mol. The van der Waals surface area contributed by atoms with Crippen LogP contribution in [-0.4, -0.2) is 0 Å². The molecule has 0 saturated carbocycles. The summed E-state index contributed by atoms with van der Waals surface area (Å²) < 4.78 is 0. The predicted molar refractivity (Wildman–Crippen MR) is 40.0 cm³/mol. The first-order chi connectivity index (χ1) is 0. The molecule has 0 N–H and O–H groups in total. The maximum absolute atomic E-state index is 0. The van der Waals surface area contributed by atoms with Crippen LogP contribution in [0.2, 0.25) is 0 Å². The summed E-state index contributed by atoms with van der Waals surface area (Å²) in [5, 5.41) is 0. The standard InChI is InChI=1S/36Na.36H/q36*+1;36*-1. The van der Waals surface area contributed by atoms with Gasteiger partial charge in [-0.15, -0.1) is 0 Å². The molecule has 0 aromatic rings. The molecule has 36 heteroatoms. The molecule has 0 atom stereocenters. The summed E-state index contributed by atoms with van der Waals surface area (Å²) in [6.07, 6.45) is 0. The summed E-state index contributed by atoms with van der Waals surface area (Å²) in [6.45, 7) is 0. The Kier molecular flexibility index (Phi) is 2090. The van der Waals surface area contributed by atoms with Gasteiger partial charge in [0, 0.05) is 0 Å². The molecule has 0 aliphatic rings. The second-order valence-electron chi connectivity index (χ2n) is 0. The maximum Gasteiger partial charge on any atom is 1.00 e. The summed E-state index contributed by atoms with van der Waals surface area (Å²) in [5.41, 5.74) is 0. The fourth-order valence-corrected chi connectivity index (χ4v) is 0. The average molecular weight is 864 g/mol. The fourth-order valence-electron chi connectivity index (χ4n) is 0. The van der Waals surface area contributed by atoms with Gasteiger partial charge < -0.3 is 51.4 Å². The summed E-state index contributed by atoms with van der Waals surface area (Å²) in [6, 6.07) is 0. The summed E-state index contributed by atoms with van der Waals surface area (Å²) in [4.78, 5) is 0. The summed E-state index contributed by atoms with van der Waals surface area (Å²) in [5.74, 6) is 0. The van der Waals surface area contributed by atoms with E-state index >= 15 is 0 Å². The minimum absolute atomic E-state index is 0. The van der Waals surface area contributed by atoms with Gasteiger partial charge in [0.1, 0.15) is 0 Å². The van der Waals surface area contributed by atoms with Gasteiger partial charge in [0.25, 0.3) is 0 Å². The van der Waals surface area contributed by atoms with Crippen LogP contribution >= 0.6 is 0 Å². The molecule has 0 saturated heterocycles. The van der Waals surface area contributed by atoms with Crippen molar-refractivity contribution in [2.24, 2.45) is 0 Å². The normalized spacial score (nSPS) is 0. The Balaban J connectivity index is 0. The van der Waals surface area contributed by atoms with Crippen molar-refractivity contribution in [2.75, 3.05) is 0 Å². The first-order valence-electron chi connectivity index (χ1n) is 0. The molecule has 0 heterocycles. The Morgan fingerprint density at radius 2 is 0.0556 bits per heavy atom. The van der Waals surface area contributed by atoms with E-state index in [0.29, 0.717) is 0 Å². The quantitative estimate of drug-likeness (QED) is 0.213. The third kappa shape index (κ3) is 257. The van der Waals surface area contributed by atoms with Gasteiger partial charge >= 0.3 is 1060 Å². The summed E-state index contributed by atoms with van der Waals surface area (Å²) in [7, 11) is 0. The van der Waals surface area contributed by atoms with Crippen molar-refractivity contribution in [1.29, 1.82) is 0 Å². The van der Waals surface area contributed by atoms with Crippen LogP contribution in [0.3, 0.4) is 0 Å². The fraction of sp³-hybridized carbons (Fsp3) is 0. The number of rotatable bonds is 0. The van der Waals surface area contributed by atoms with E-state index in [2.05, 4.69) is 0 Å². The molecule has 0 unspecified atom stereocenters. The monoisotopic (exact) mass is 864 g/mol. The minimum atomic E-state index is 0. The molecule has 0 amide bonds. The van der Waals surface area contributed by atoms with Gasteiger partial charge in [0.15, 0.2) is 0 Å². The van der Waals surface area contributed by atoms with E-state index < -0.39 is 0 Å². The zero-order chi connectivity index (χ0) is 0. The molecule has 0 aliphatic heterocycles. The van der Waals surface area contributed by atoms with Gasteiger partial charge in [-0.05, 0) is 0 Å². The summed E-state index contributed by atoms with van der Waals surface area (Å²) >= 11 is 0. The molecule has 0 aromatic heterocycles. The van der Waals surface area contributed by atoms with Gasteiger partial charge in [-0.3, -0.25) is 0 Å². The zero-order valence-electron chi connectivity index (χ0n) is 72.0. The van der Waals surface area contributed by atoms with Gasteiger partial charge in [-0.25, -0.2) is 0 Å². The second-order valence-corrected chi connectivity index (χ2v) is 0. The van der Waals surface area contributed by atoms with Crippen molar-refractivity contribution in [3.63, 3.8) is 0 Å². The molecule has 0 nitrogen and oxygen atoms in total. The van der Waals surface area contributed by atoms with Crippen LogP contribution in [0.1, 0.15) is 51.4 Å². The molecule has 0 bridgehead atoms. The van der Waals surface area contributed by atoms with Crippen molar-refractivity contribution < 1.29 is 1120 Å². The number of hydrogen-bond donors (Lipinski definition) is 0. The van der Waals surface area contributed by atoms with E-state index in [-0.39, 0.29) is 1120 Å². The molecule has 0 radical (unpaired) electrons. The van der Waals surface area contributed by atoms with Crippen LogP contribution in [0.4, 0.5) is 0 Å². The van der Waals surface area contributed by atoms with Gasteiger partial charge in [0.2, 0.25) is 0 Å². The van der Waals surface area contributed by atoms with Crippen molar-refractivity contribution in [2.45, 2.75) is 0 Å². The topological polar surface area (TPSA) is 0 Å². The van der Waals surface area contributed by atoms with E-state index in [1.807, 2.05) is 0 Å². The van der Waals surface area contributed by atoms with Gasteiger partial charge in [-0.2, -0.15) is 0 Å². The Hall–Kier alpha value is 36.0. The molecule has 0 rings (SSSR count). The predicted octanol–water partition coefficient (Wildman–Crippen LogP) is -104. The third-order valence-electron chi connectivity index (χ3n) is 0. The smallest absolute Gasteiger partial charge is 1.00 e. The van der Waals surface area contributed by atoms with E-state index in [4.69, 9.17) is 0 Å². The van der Waals surface area contributed by atoms with Crippen molar-refractivity contribution in [1.82, 2.24) is 0 Å². The molecule has 0 aliphatic carbocycles. The number of hydrogen-bond acceptors (Lipinski definition) is 0. The Bertz CT molecular complexity index is 72.0. The Morgan fingerprint density at radius 1 is 0.0556 bits per heavy atom. The Labute approximate surface area is 1080 Å². The SMILES string of the molecule is [H-].[H-].[H-].[H-].[H-].[H-].[H-].[H-].[H-].[H-].[H-].[H-].[H-].[H-].[H-].[H-].[H-].[H-].[H-].[H-].[H-].[H-].[H-].[H-].[H-].[H-].[H-].[H-].[H-].[H-].[H-].[H-].[H-].[H-].[H-].[H-].[Na+].[Na+].[Na+].[Na+].[Na+].[Na+].[Na+].[Na+].[Na+].[Na+].[Na+].[Na+].[Na+].[Na+].[Na+].[Na+].[Na+].[Na+].[Na+].[Na+].[Na+].[Na+].[Na+].[Na+].[Na+].[Na+].[Na+].[Na+].[Na+].[Na+].[Na+].[Na+].[Na+].[Na+].[Na+].[Na+]. The van der Waals surface area contributed by atoms with Crippen LogP contribution in [0.5, 0.6) is 0 Å². The van der Waals surface area contributed by atoms with Gasteiger partial charge in [-0.1, -0.05) is 0 Å². The molecular formula is H36Na36. The third-order valence-corrected chi connectivity index (χ3v) is 0. The van der Waals surface area contributed by atoms with Crippen LogP contribution in [0.25, 0.3) is 0 Å². The van der Waals surface area contributed by atoms with Crippen LogP contribution < -0.4 is 1060 Å². The maximum atomic E-state index is 0. The zero-order valence-corrected chi connectivity index (χ0v) is 108. The molecule has 0 fully saturated rings. The molecule has 36 heavy (non-hydrogen) atoms. The Morgan fingerprint density at radius 3 is 0.0556 bits per heavy atom. The van der Waals surface area contributed by atoms with Crippen molar-refractivity contribution >= 4 is 0 Å². The van der Waals surface area contributed by atoms with E-state index in [1.54, 1.807) is 0 Å². The second kappa shape index (κ2) is 268. The van der Waals surface area contributed by atoms with Gasteiger partial charge in [0.05, 0.1) is 0 Å². The van der Waals surface area contributed by atoms with E-state index in [1.165, 1.54) is 0 Å².